The van der Waals surface area contributed by atoms with Gasteiger partial charge in [0.15, 0.2) is 10.9 Å². The summed E-state index contributed by atoms with van der Waals surface area (Å²) in [5, 5.41) is 13.7. The number of hydrogen-bond donors (Lipinski definition) is 0. The average molecular weight is 316 g/mol. The van der Waals surface area contributed by atoms with Crippen molar-refractivity contribution in [3.63, 3.8) is 0 Å². The maximum absolute atomic E-state index is 5.31. The van der Waals surface area contributed by atoms with Crippen LogP contribution in [0.2, 0.25) is 0 Å². The quantitative estimate of drug-likeness (QED) is 0.686. The molecule has 3 aromatic rings. The average Bonchev–Trinajstić information content (AvgIpc) is 3.24. The molecule has 0 spiro atoms. The molecule has 1 aliphatic heterocycles. The lowest BCUT2D eigenvalue weighted by Gasteiger charge is -2.04. The van der Waals surface area contributed by atoms with E-state index in [1.165, 1.54) is 19.3 Å². The van der Waals surface area contributed by atoms with E-state index in [0.717, 1.165) is 29.6 Å². The third kappa shape index (κ3) is 2.68. The van der Waals surface area contributed by atoms with E-state index in [1.807, 2.05) is 18.2 Å². The van der Waals surface area contributed by atoms with Crippen molar-refractivity contribution in [3.8, 4) is 11.5 Å². The van der Waals surface area contributed by atoms with Crippen LogP contribution in [0.3, 0.4) is 0 Å². The summed E-state index contributed by atoms with van der Waals surface area (Å²) in [4.78, 5) is 0. The maximum atomic E-state index is 5.31. The van der Waals surface area contributed by atoms with Gasteiger partial charge in [-0.2, -0.15) is 0 Å². The molecule has 0 N–H and O–H groups in total. The van der Waals surface area contributed by atoms with Crippen LogP contribution in [0.15, 0.2) is 38.6 Å². The number of fused-ring (bicyclic) bond motifs is 1. The molecule has 22 heavy (non-hydrogen) atoms. The molecule has 3 aromatic heterocycles. The van der Waals surface area contributed by atoms with Gasteiger partial charge in [0.25, 0.3) is 0 Å². The predicted molar refractivity (Wildman–Crippen MR) is 81.3 cm³/mol. The fourth-order valence-electron chi connectivity index (χ4n) is 2.62. The van der Waals surface area contributed by atoms with Gasteiger partial charge in [0.1, 0.15) is 5.82 Å². The zero-order valence-corrected chi connectivity index (χ0v) is 12.9. The lowest BCUT2D eigenvalue weighted by Crippen LogP contribution is -2.02. The highest BCUT2D eigenvalue weighted by atomic mass is 32.2. The first-order chi connectivity index (χ1) is 10.9. The van der Waals surface area contributed by atoms with E-state index in [1.54, 1.807) is 18.0 Å². The van der Waals surface area contributed by atoms with Gasteiger partial charge in [-0.25, -0.2) is 0 Å². The van der Waals surface area contributed by atoms with E-state index in [9.17, 15) is 0 Å². The molecule has 0 unspecified atom stereocenters. The van der Waals surface area contributed by atoms with Gasteiger partial charge in [-0.05, 0) is 25.0 Å². The molecule has 1 aliphatic rings. The molecule has 0 fully saturated rings. The Kier molecular flexibility index (Phi) is 3.72. The summed E-state index contributed by atoms with van der Waals surface area (Å²) in [6, 6.07) is 5.60. The highest BCUT2D eigenvalue weighted by Crippen LogP contribution is 2.27. The summed E-state index contributed by atoms with van der Waals surface area (Å²) in [5.74, 6) is 3.17. The van der Waals surface area contributed by atoms with E-state index in [2.05, 4.69) is 19.9 Å². The van der Waals surface area contributed by atoms with Gasteiger partial charge in [-0.15, -0.1) is 10.2 Å². The molecule has 4 heterocycles. The minimum atomic E-state index is 0.653. The Morgan fingerprint density at radius 2 is 2.18 bits per heavy atom. The van der Waals surface area contributed by atoms with Gasteiger partial charge in [0.2, 0.25) is 5.76 Å². The third-order valence-corrected chi connectivity index (χ3v) is 4.75. The smallest absolute Gasteiger partial charge is 0.202 e. The zero-order chi connectivity index (χ0) is 14.8. The van der Waals surface area contributed by atoms with Crippen LogP contribution in [0.1, 0.15) is 30.8 Å². The fraction of sp³-hybridized carbons (Fsp3) is 0.400. The van der Waals surface area contributed by atoms with Crippen molar-refractivity contribution in [2.24, 2.45) is 0 Å². The van der Waals surface area contributed by atoms with Gasteiger partial charge in [0.05, 0.1) is 12.0 Å². The van der Waals surface area contributed by atoms with Gasteiger partial charge >= 0.3 is 0 Å². The molecule has 7 heteroatoms. The Hall–Kier alpha value is -2.02. The van der Waals surface area contributed by atoms with Crippen LogP contribution >= 0.6 is 11.8 Å². The summed E-state index contributed by atoms with van der Waals surface area (Å²) >= 11 is 1.65. The minimum Gasteiger partial charge on any atom is -0.461 e. The summed E-state index contributed by atoms with van der Waals surface area (Å²) < 4.78 is 12.9. The molecule has 0 aromatic carbocycles. The molecule has 0 saturated heterocycles. The van der Waals surface area contributed by atoms with E-state index in [4.69, 9.17) is 8.94 Å². The van der Waals surface area contributed by atoms with Crippen molar-refractivity contribution in [1.29, 1.82) is 0 Å². The SMILES string of the molecule is c1coc(-c2cc(CSc3nnc4n3CCCCC4)no2)c1. The largest absolute Gasteiger partial charge is 0.461 e. The Balaban J connectivity index is 1.46. The van der Waals surface area contributed by atoms with Crippen molar-refractivity contribution in [2.45, 2.75) is 43.1 Å². The Morgan fingerprint density at radius 3 is 3.09 bits per heavy atom. The normalized spacial score (nSPS) is 14.7. The second-order valence-electron chi connectivity index (χ2n) is 5.31. The van der Waals surface area contributed by atoms with Crippen LogP contribution in [-0.4, -0.2) is 19.9 Å². The van der Waals surface area contributed by atoms with Gasteiger partial charge < -0.3 is 13.5 Å². The van der Waals surface area contributed by atoms with Crippen LogP contribution in [0.25, 0.3) is 11.5 Å². The van der Waals surface area contributed by atoms with Crippen LogP contribution in [-0.2, 0) is 18.7 Å². The lowest BCUT2D eigenvalue weighted by atomic mass is 10.2. The topological polar surface area (TPSA) is 69.9 Å². The van der Waals surface area contributed by atoms with Crippen molar-refractivity contribution < 1.29 is 8.94 Å². The molecule has 0 amide bonds. The molecule has 4 rings (SSSR count). The number of thioether (sulfide) groups is 1. The van der Waals surface area contributed by atoms with Crippen LogP contribution < -0.4 is 0 Å². The number of hydrogen-bond acceptors (Lipinski definition) is 6. The van der Waals surface area contributed by atoms with Gasteiger partial charge in [-0.1, -0.05) is 23.3 Å². The minimum absolute atomic E-state index is 0.653. The molecule has 114 valence electrons. The molecule has 0 radical (unpaired) electrons. The van der Waals surface area contributed by atoms with Crippen molar-refractivity contribution in [3.05, 3.63) is 36.0 Å². The second-order valence-corrected chi connectivity index (χ2v) is 6.25. The first-order valence-corrected chi connectivity index (χ1v) is 8.43. The van der Waals surface area contributed by atoms with E-state index in [0.29, 0.717) is 17.3 Å². The fourth-order valence-corrected chi connectivity index (χ4v) is 3.48. The molecule has 6 nitrogen and oxygen atoms in total. The van der Waals surface area contributed by atoms with Crippen molar-refractivity contribution in [2.75, 3.05) is 0 Å². The van der Waals surface area contributed by atoms with Gasteiger partial charge in [0, 0.05) is 24.8 Å². The number of furan rings is 1. The van der Waals surface area contributed by atoms with Crippen molar-refractivity contribution >= 4 is 11.8 Å². The summed E-state index contributed by atoms with van der Waals surface area (Å²) in [5.41, 5.74) is 0.877. The Labute approximate surface area is 131 Å². The first kappa shape index (κ1) is 13.6. The molecular formula is C15H16N4O2S. The molecule has 0 aliphatic carbocycles. The third-order valence-electron chi connectivity index (χ3n) is 3.75. The molecule has 0 saturated carbocycles. The standard InChI is InChI=1S/C15H16N4O2S/c1-2-6-14-16-17-15(19(14)7-3-1)22-10-11-9-13(21-18-11)12-5-4-8-20-12/h4-5,8-9H,1-3,6-7,10H2. The van der Waals surface area contributed by atoms with Crippen LogP contribution in [0.4, 0.5) is 0 Å². The Bertz CT molecular complexity index is 748. The maximum Gasteiger partial charge on any atom is 0.202 e. The predicted octanol–water partition coefficient (Wildman–Crippen LogP) is 3.54. The summed E-state index contributed by atoms with van der Waals surface area (Å²) in [6.07, 6.45) is 6.32. The molecule has 0 bridgehead atoms. The molecule has 0 atom stereocenters. The Morgan fingerprint density at radius 1 is 1.18 bits per heavy atom. The summed E-state index contributed by atoms with van der Waals surface area (Å²) in [6.45, 7) is 1.02. The monoisotopic (exact) mass is 316 g/mol. The van der Waals surface area contributed by atoms with E-state index >= 15 is 0 Å². The highest BCUT2D eigenvalue weighted by Gasteiger charge is 2.16. The first-order valence-electron chi connectivity index (χ1n) is 7.44. The van der Waals surface area contributed by atoms with Crippen LogP contribution in [0.5, 0.6) is 0 Å². The van der Waals surface area contributed by atoms with Gasteiger partial charge in [-0.3, -0.25) is 0 Å². The van der Waals surface area contributed by atoms with E-state index < -0.39 is 0 Å². The van der Waals surface area contributed by atoms with Crippen molar-refractivity contribution in [1.82, 2.24) is 19.9 Å². The molecular weight excluding hydrogens is 300 g/mol. The number of aryl methyl sites for hydroxylation is 1. The number of nitrogens with zero attached hydrogens (tertiary/aromatic N) is 4. The zero-order valence-electron chi connectivity index (χ0n) is 12.1. The highest BCUT2D eigenvalue weighted by molar-refractivity contribution is 7.98. The van der Waals surface area contributed by atoms with Crippen LogP contribution in [0, 0.1) is 0 Å². The number of aromatic nitrogens is 4. The lowest BCUT2D eigenvalue weighted by molar-refractivity contribution is 0.413. The summed E-state index contributed by atoms with van der Waals surface area (Å²) in [7, 11) is 0. The van der Waals surface area contributed by atoms with E-state index in [-0.39, 0.29) is 0 Å². The number of rotatable bonds is 4. The second kappa shape index (κ2) is 6.00.